The number of H-pyrrole nitrogens is 1. The first-order chi connectivity index (χ1) is 16.8. The molecule has 3 N–H and O–H groups in total. The summed E-state index contributed by atoms with van der Waals surface area (Å²) < 4.78 is 7.16. The SMILES string of the molecule is C=CCN(CC)CC=C(COc1ccc2cn[nH]c2c1)c1ccc(Br)cc1.O=C(O)C=CC(=O)O. The summed E-state index contributed by atoms with van der Waals surface area (Å²) in [5.74, 6) is -1.69. The number of halogens is 1. The maximum atomic E-state index is 9.55. The van der Waals surface area contributed by atoms with Crippen molar-refractivity contribution < 1.29 is 24.5 Å². The van der Waals surface area contributed by atoms with Gasteiger partial charge < -0.3 is 14.9 Å². The van der Waals surface area contributed by atoms with E-state index in [1.165, 1.54) is 0 Å². The average molecular weight is 542 g/mol. The minimum atomic E-state index is -1.26. The van der Waals surface area contributed by atoms with Crippen molar-refractivity contribution in [3.05, 3.63) is 89.6 Å². The number of carbonyl (C=O) groups is 2. The zero-order valence-electron chi connectivity index (χ0n) is 19.4. The van der Waals surface area contributed by atoms with Crippen LogP contribution in [0.1, 0.15) is 12.5 Å². The molecular weight excluding hydrogens is 514 g/mol. The first kappa shape index (κ1) is 27.6. The number of nitrogens with one attached hydrogen (secondary N) is 1. The standard InChI is InChI=1S/C22H24BrN3O.C4H4O4/c1-3-12-26(4-2)13-11-19(17-5-8-20(23)9-6-17)16-27-21-10-7-18-15-24-25-22(18)14-21;5-3(6)1-2-4(7)8/h3,5-11,14-15H,1,4,12-13,16H2,2H3,(H,24,25);1-2H,(H,5,6)(H,7,8). The Hall–Kier alpha value is -3.69. The molecule has 0 fully saturated rings. The molecule has 35 heavy (non-hydrogen) atoms. The van der Waals surface area contributed by atoms with Gasteiger partial charge in [0, 0.05) is 41.2 Å². The van der Waals surface area contributed by atoms with E-state index in [1.807, 2.05) is 30.5 Å². The Kier molecular flexibility index (Phi) is 11.5. The minimum absolute atomic E-state index is 0.507. The summed E-state index contributed by atoms with van der Waals surface area (Å²) >= 11 is 3.50. The van der Waals surface area contributed by atoms with Crippen LogP contribution in [0.15, 0.2) is 84.0 Å². The monoisotopic (exact) mass is 541 g/mol. The van der Waals surface area contributed by atoms with Gasteiger partial charge in [-0.05, 0) is 41.9 Å². The molecule has 0 aliphatic carbocycles. The molecule has 0 spiro atoms. The third-order valence-electron chi connectivity index (χ3n) is 4.82. The number of rotatable bonds is 11. The van der Waals surface area contributed by atoms with Gasteiger partial charge in [0.05, 0.1) is 11.7 Å². The lowest BCUT2D eigenvalue weighted by atomic mass is 10.1. The van der Waals surface area contributed by atoms with Crippen LogP contribution in [-0.2, 0) is 9.59 Å². The van der Waals surface area contributed by atoms with Crippen LogP contribution in [0.3, 0.4) is 0 Å². The zero-order valence-corrected chi connectivity index (χ0v) is 20.9. The third kappa shape index (κ3) is 9.99. The smallest absolute Gasteiger partial charge is 0.328 e. The summed E-state index contributed by atoms with van der Waals surface area (Å²) in [4.78, 5) is 21.4. The van der Waals surface area contributed by atoms with Gasteiger partial charge in [-0.25, -0.2) is 9.59 Å². The highest BCUT2D eigenvalue weighted by atomic mass is 79.9. The molecule has 0 aliphatic rings. The summed E-state index contributed by atoms with van der Waals surface area (Å²) in [5, 5.41) is 23.7. The van der Waals surface area contributed by atoms with Crippen LogP contribution in [0.25, 0.3) is 16.5 Å². The van der Waals surface area contributed by atoms with Crippen LogP contribution in [-0.4, -0.2) is 63.5 Å². The highest BCUT2D eigenvalue weighted by molar-refractivity contribution is 9.10. The molecule has 0 radical (unpaired) electrons. The van der Waals surface area contributed by atoms with E-state index in [-0.39, 0.29) is 0 Å². The van der Waals surface area contributed by atoms with Gasteiger partial charge in [-0.2, -0.15) is 5.10 Å². The van der Waals surface area contributed by atoms with Crippen LogP contribution in [0.4, 0.5) is 0 Å². The fourth-order valence-corrected chi connectivity index (χ4v) is 3.25. The lowest BCUT2D eigenvalue weighted by Crippen LogP contribution is -2.23. The first-order valence-corrected chi connectivity index (χ1v) is 11.6. The molecule has 8 nitrogen and oxygen atoms in total. The van der Waals surface area contributed by atoms with Crippen molar-refractivity contribution in [1.82, 2.24) is 15.1 Å². The van der Waals surface area contributed by atoms with Gasteiger partial charge >= 0.3 is 11.9 Å². The van der Waals surface area contributed by atoms with E-state index in [0.29, 0.717) is 18.8 Å². The molecule has 0 aliphatic heterocycles. The number of benzene rings is 2. The lowest BCUT2D eigenvalue weighted by Gasteiger charge is -2.18. The molecule has 0 bridgehead atoms. The number of hydrogen-bond donors (Lipinski definition) is 3. The summed E-state index contributed by atoms with van der Waals surface area (Å²) in [6.45, 7) is 9.22. The summed E-state index contributed by atoms with van der Waals surface area (Å²) in [6.07, 6.45) is 7.10. The fourth-order valence-electron chi connectivity index (χ4n) is 2.99. The van der Waals surface area contributed by atoms with Gasteiger partial charge in [0.1, 0.15) is 12.4 Å². The maximum absolute atomic E-state index is 9.55. The molecule has 0 saturated heterocycles. The second-order valence-electron chi connectivity index (χ2n) is 7.29. The second kappa shape index (κ2) is 14.5. The van der Waals surface area contributed by atoms with Crippen molar-refractivity contribution in [2.45, 2.75) is 6.92 Å². The van der Waals surface area contributed by atoms with Crippen molar-refractivity contribution in [1.29, 1.82) is 0 Å². The number of aromatic nitrogens is 2. The zero-order chi connectivity index (χ0) is 25.6. The van der Waals surface area contributed by atoms with Gasteiger partial charge in [0.15, 0.2) is 0 Å². The Morgan fingerprint density at radius 2 is 1.80 bits per heavy atom. The molecule has 0 saturated carbocycles. The van der Waals surface area contributed by atoms with Crippen LogP contribution in [0.5, 0.6) is 5.75 Å². The Morgan fingerprint density at radius 3 is 2.40 bits per heavy atom. The van der Waals surface area contributed by atoms with E-state index in [1.54, 1.807) is 0 Å². The fraction of sp³-hybridized carbons (Fsp3) is 0.192. The molecule has 3 aromatic rings. The van der Waals surface area contributed by atoms with Crippen molar-refractivity contribution in [2.75, 3.05) is 26.2 Å². The molecule has 9 heteroatoms. The van der Waals surface area contributed by atoms with Crippen molar-refractivity contribution >= 4 is 44.3 Å². The molecule has 184 valence electrons. The number of aliphatic carboxylic acids is 2. The van der Waals surface area contributed by atoms with Gasteiger partial charge in [-0.3, -0.25) is 10.00 Å². The summed E-state index contributed by atoms with van der Waals surface area (Å²) in [7, 11) is 0. The third-order valence-corrected chi connectivity index (χ3v) is 5.35. The Balaban J connectivity index is 0.000000466. The molecule has 3 rings (SSSR count). The van der Waals surface area contributed by atoms with E-state index >= 15 is 0 Å². The van der Waals surface area contributed by atoms with E-state index < -0.39 is 11.9 Å². The Bertz CT molecular complexity index is 1170. The molecule has 0 amide bonds. The van der Waals surface area contributed by atoms with Gasteiger partial charge in [-0.1, -0.05) is 47.1 Å². The van der Waals surface area contributed by atoms with Crippen LogP contribution in [0.2, 0.25) is 0 Å². The second-order valence-corrected chi connectivity index (χ2v) is 8.21. The number of carboxylic acid groups (broad SMARTS) is 2. The highest BCUT2D eigenvalue weighted by Gasteiger charge is 2.06. The van der Waals surface area contributed by atoms with Crippen LogP contribution >= 0.6 is 15.9 Å². The van der Waals surface area contributed by atoms with Gasteiger partial charge in [0.2, 0.25) is 0 Å². The molecule has 0 atom stereocenters. The van der Waals surface area contributed by atoms with E-state index in [0.717, 1.165) is 51.9 Å². The number of nitrogens with zero attached hydrogens (tertiary/aromatic N) is 2. The van der Waals surface area contributed by atoms with Crippen molar-refractivity contribution in [3.8, 4) is 5.75 Å². The number of likely N-dealkylation sites (N-methyl/N-ethyl adjacent to an activating group) is 1. The van der Waals surface area contributed by atoms with Crippen LogP contribution < -0.4 is 4.74 Å². The van der Waals surface area contributed by atoms with Gasteiger partial charge in [0.25, 0.3) is 0 Å². The van der Waals surface area contributed by atoms with Crippen LogP contribution in [0, 0.1) is 0 Å². The predicted octanol–water partition coefficient (Wildman–Crippen LogP) is 5.01. The lowest BCUT2D eigenvalue weighted by molar-refractivity contribution is -0.134. The molecule has 1 heterocycles. The minimum Gasteiger partial charge on any atom is -0.489 e. The number of carboxylic acids is 2. The largest absolute Gasteiger partial charge is 0.489 e. The Labute approximate surface area is 212 Å². The number of fused-ring (bicyclic) bond motifs is 1. The molecule has 2 aromatic carbocycles. The summed E-state index contributed by atoms with van der Waals surface area (Å²) in [6, 6.07) is 14.3. The molecule has 0 unspecified atom stereocenters. The predicted molar refractivity (Wildman–Crippen MR) is 140 cm³/mol. The van der Waals surface area contributed by atoms with E-state index in [2.05, 4.69) is 74.9 Å². The number of ether oxygens (including phenoxy) is 1. The molecular formula is C26H28BrN3O5. The quantitative estimate of drug-likeness (QED) is 0.231. The van der Waals surface area contributed by atoms with E-state index in [9.17, 15) is 9.59 Å². The van der Waals surface area contributed by atoms with Crippen molar-refractivity contribution in [3.63, 3.8) is 0 Å². The average Bonchev–Trinajstić information content (AvgIpc) is 3.31. The summed E-state index contributed by atoms with van der Waals surface area (Å²) in [5.41, 5.74) is 3.30. The van der Waals surface area contributed by atoms with E-state index in [4.69, 9.17) is 14.9 Å². The number of aromatic amines is 1. The van der Waals surface area contributed by atoms with Crippen molar-refractivity contribution in [2.24, 2.45) is 0 Å². The first-order valence-electron chi connectivity index (χ1n) is 10.8. The Morgan fingerprint density at radius 1 is 1.11 bits per heavy atom. The maximum Gasteiger partial charge on any atom is 0.328 e. The van der Waals surface area contributed by atoms with Gasteiger partial charge in [-0.15, -0.1) is 6.58 Å². The highest BCUT2D eigenvalue weighted by Crippen LogP contribution is 2.22. The molecule has 1 aromatic heterocycles. The normalized spacial score (nSPS) is 11.3. The topological polar surface area (TPSA) is 116 Å². The number of hydrogen-bond acceptors (Lipinski definition) is 5.